The van der Waals surface area contributed by atoms with Crippen molar-refractivity contribution < 1.29 is 37.0 Å². The van der Waals surface area contributed by atoms with Crippen LogP contribution in [-0.4, -0.2) is 95.0 Å². The number of anilines is 1. The van der Waals surface area contributed by atoms with Crippen LogP contribution in [0, 0.1) is 17.7 Å². The summed E-state index contributed by atoms with van der Waals surface area (Å²) in [6.45, 7) is 8.63. The lowest BCUT2D eigenvalue weighted by atomic mass is 9.79. The van der Waals surface area contributed by atoms with Gasteiger partial charge in [-0.05, 0) is 67.9 Å². The molecular formula is C32H44F3N7O5. The summed E-state index contributed by atoms with van der Waals surface area (Å²) in [5.74, 6) is -4.83. The van der Waals surface area contributed by atoms with Gasteiger partial charge in [0.15, 0.2) is 5.69 Å². The van der Waals surface area contributed by atoms with Crippen molar-refractivity contribution in [2.75, 3.05) is 32.0 Å². The van der Waals surface area contributed by atoms with E-state index in [2.05, 4.69) is 38.1 Å². The van der Waals surface area contributed by atoms with E-state index in [0.29, 0.717) is 50.5 Å². The first-order valence-electron chi connectivity index (χ1n) is 16.1. The summed E-state index contributed by atoms with van der Waals surface area (Å²) in [5.41, 5.74) is 0.415. The smallest absolute Gasteiger partial charge is 0.315 e. The van der Waals surface area contributed by atoms with E-state index in [-0.39, 0.29) is 28.9 Å². The normalized spacial score (nSPS) is 22.3. The molecule has 4 atom stereocenters. The highest BCUT2D eigenvalue weighted by molar-refractivity contribution is 6.01. The number of carbonyl (C=O) groups is 4. The maximum absolute atomic E-state index is 15.6. The molecule has 1 saturated carbocycles. The Labute approximate surface area is 272 Å². The quantitative estimate of drug-likeness (QED) is 0.332. The fourth-order valence-corrected chi connectivity index (χ4v) is 6.22. The van der Waals surface area contributed by atoms with E-state index in [9.17, 15) is 28.0 Å². The van der Waals surface area contributed by atoms with E-state index in [1.807, 2.05) is 14.0 Å². The molecule has 258 valence electrons. The van der Waals surface area contributed by atoms with Gasteiger partial charge in [-0.1, -0.05) is 44.8 Å². The van der Waals surface area contributed by atoms with Crippen LogP contribution in [0.4, 0.5) is 18.9 Å². The van der Waals surface area contributed by atoms with Gasteiger partial charge in [0.25, 0.3) is 11.8 Å². The predicted molar refractivity (Wildman–Crippen MR) is 166 cm³/mol. The average Bonchev–Trinajstić information content (AvgIpc) is 3.53. The number of rotatable bonds is 11. The lowest BCUT2D eigenvalue weighted by molar-refractivity contribution is -0.142. The molecule has 1 aliphatic heterocycles. The van der Waals surface area contributed by atoms with Gasteiger partial charge < -0.3 is 25.8 Å². The Morgan fingerprint density at radius 1 is 1.02 bits per heavy atom. The minimum atomic E-state index is -3.34. The summed E-state index contributed by atoms with van der Waals surface area (Å²) >= 11 is 0. The van der Waals surface area contributed by atoms with E-state index >= 15 is 4.39 Å². The van der Waals surface area contributed by atoms with Gasteiger partial charge in [0.1, 0.15) is 23.6 Å². The van der Waals surface area contributed by atoms with Crippen LogP contribution in [0.1, 0.15) is 81.0 Å². The van der Waals surface area contributed by atoms with Crippen LogP contribution < -0.4 is 16.0 Å². The Hall–Kier alpha value is -4.01. The van der Waals surface area contributed by atoms with Gasteiger partial charge in [0.2, 0.25) is 11.8 Å². The van der Waals surface area contributed by atoms with E-state index in [4.69, 9.17) is 4.63 Å². The molecule has 0 bridgehead atoms. The van der Waals surface area contributed by atoms with Crippen LogP contribution in [0.3, 0.4) is 0 Å². The van der Waals surface area contributed by atoms with Crippen LogP contribution in [0.5, 0.6) is 0 Å². The van der Waals surface area contributed by atoms with Gasteiger partial charge in [-0.3, -0.25) is 19.2 Å². The second-order valence-corrected chi connectivity index (χ2v) is 12.8. The Morgan fingerprint density at radius 2 is 1.72 bits per heavy atom. The number of likely N-dealkylation sites (N-methyl/N-ethyl adjacent to an activating group) is 1. The summed E-state index contributed by atoms with van der Waals surface area (Å²) in [5, 5.41) is 14.9. The lowest BCUT2D eigenvalue weighted by Crippen LogP contribution is -2.58. The summed E-state index contributed by atoms with van der Waals surface area (Å²) in [4.78, 5) is 55.8. The number of alkyl halides is 2. The number of carbonyl (C=O) groups excluding carboxylic acids is 4. The number of benzene rings is 1. The third-order valence-corrected chi connectivity index (χ3v) is 9.52. The molecule has 2 fully saturated rings. The minimum Gasteiger partial charge on any atom is -0.339 e. The molecule has 1 aromatic carbocycles. The van der Waals surface area contributed by atoms with Crippen molar-refractivity contribution in [3.63, 3.8) is 0 Å². The Balaban J connectivity index is 1.53. The second kappa shape index (κ2) is 15.7. The molecule has 2 heterocycles. The highest BCUT2D eigenvalue weighted by atomic mass is 19.3. The van der Waals surface area contributed by atoms with Gasteiger partial charge in [-0.25, -0.2) is 9.02 Å². The van der Waals surface area contributed by atoms with Gasteiger partial charge >= 0.3 is 6.43 Å². The molecule has 0 radical (unpaired) electrons. The zero-order valence-electron chi connectivity index (χ0n) is 27.4. The van der Waals surface area contributed by atoms with Crippen molar-refractivity contribution in [2.45, 2.75) is 90.3 Å². The highest BCUT2D eigenvalue weighted by Gasteiger charge is 2.37. The largest absolute Gasteiger partial charge is 0.339 e. The van der Waals surface area contributed by atoms with E-state index < -0.39 is 53.9 Å². The van der Waals surface area contributed by atoms with Crippen LogP contribution in [0.15, 0.2) is 22.8 Å². The third kappa shape index (κ3) is 8.67. The van der Waals surface area contributed by atoms with Crippen molar-refractivity contribution in [3.8, 4) is 0 Å². The molecule has 2 aliphatic rings. The van der Waals surface area contributed by atoms with E-state index in [0.717, 1.165) is 18.9 Å². The van der Waals surface area contributed by atoms with E-state index in [1.54, 1.807) is 13.8 Å². The minimum absolute atomic E-state index is 0.0155. The highest BCUT2D eigenvalue weighted by Crippen LogP contribution is 2.32. The number of aryl methyl sites for hydroxylation is 1. The zero-order valence-corrected chi connectivity index (χ0v) is 27.4. The molecule has 15 heteroatoms. The molecule has 3 N–H and O–H groups in total. The average molecular weight is 664 g/mol. The standard InChI is InChI=1S/C32H44F3N7O5/c1-6-23-27(40-47-39-23)30(44)38-26(20-9-7-17(2)8-10-20)29(43)36-24-12-11-21(15-22(24)33)19(4)25(37-31(45)28(34)35)32(46)42-14-13-41(5)18(3)16-42/h11-12,15,17-20,25-26,28H,6-10,13-14,16H2,1-5H3,(H,36,43)(H,37,45)(H,38,44)/t17-,18-,19-,20-,25+,26-/m0/s1. The Kier molecular flexibility index (Phi) is 12.0. The molecule has 47 heavy (non-hydrogen) atoms. The van der Waals surface area contributed by atoms with Gasteiger partial charge in [0.05, 0.1) is 5.69 Å². The van der Waals surface area contributed by atoms with Crippen LogP contribution in [0.2, 0.25) is 0 Å². The van der Waals surface area contributed by atoms with Crippen LogP contribution >= 0.6 is 0 Å². The number of hydrogen-bond donors (Lipinski definition) is 3. The van der Waals surface area contributed by atoms with Crippen LogP contribution in [-0.2, 0) is 20.8 Å². The number of hydrogen-bond acceptors (Lipinski definition) is 8. The molecule has 1 saturated heterocycles. The zero-order chi connectivity index (χ0) is 34.4. The van der Waals surface area contributed by atoms with Crippen LogP contribution in [0.25, 0.3) is 0 Å². The molecule has 12 nitrogen and oxygen atoms in total. The third-order valence-electron chi connectivity index (χ3n) is 9.52. The van der Waals surface area contributed by atoms with Crippen molar-refractivity contribution in [1.29, 1.82) is 0 Å². The first-order valence-corrected chi connectivity index (χ1v) is 16.1. The maximum Gasteiger partial charge on any atom is 0.315 e. The molecule has 1 aliphatic carbocycles. The summed E-state index contributed by atoms with van der Waals surface area (Å²) < 4.78 is 46.8. The number of nitrogens with zero attached hydrogens (tertiary/aromatic N) is 4. The molecule has 4 rings (SSSR count). The van der Waals surface area contributed by atoms with Gasteiger partial charge in [-0.2, -0.15) is 8.78 Å². The monoisotopic (exact) mass is 663 g/mol. The van der Waals surface area contributed by atoms with Crippen molar-refractivity contribution in [1.82, 2.24) is 30.7 Å². The SMILES string of the molecule is CCc1nonc1C(=O)N[C@H](C(=O)Nc1ccc([C@H](C)[C@@H](NC(=O)C(F)F)C(=O)N2CCN(C)[C@@H](C)C2)cc1F)[C@H]1CC[C@H](C)CC1. The first kappa shape index (κ1) is 35.8. The number of nitrogens with one attached hydrogen (secondary N) is 3. The first-order chi connectivity index (χ1) is 22.3. The molecule has 0 spiro atoms. The fraction of sp³-hybridized carbons (Fsp3) is 0.625. The summed E-state index contributed by atoms with van der Waals surface area (Å²) in [7, 11) is 1.91. The van der Waals surface area contributed by atoms with Gasteiger partial charge in [-0.15, -0.1) is 0 Å². The number of amides is 4. The Morgan fingerprint density at radius 3 is 2.34 bits per heavy atom. The Bertz CT molecular complexity index is 1430. The summed E-state index contributed by atoms with van der Waals surface area (Å²) in [6.07, 6.45) is 0.155. The van der Waals surface area contributed by atoms with Crippen molar-refractivity contribution in [2.24, 2.45) is 11.8 Å². The molecule has 1 aromatic heterocycles. The summed E-state index contributed by atoms with van der Waals surface area (Å²) in [6, 6.07) is 1.53. The maximum atomic E-state index is 15.6. The fourth-order valence-electron chi connectivity index (χ4n) is 6.22. The van der Waals surface area contributed by atoms with Gasteiger partial charge in [0, 0.05) is 31.6 Å². The number of halogens is 3. The second-order valence-electron chi connectivity index (χ2n) is 12.8. The molecule has 2 aromatic rings. The molecular weight excluding hydrogens is 619 g/mol. The molecule has 4 amide bonds. The number of piperazine rings is 1. The van der Waals surface area contributed by atoms with Crippen molar-refractivity contribution >= 4 is 29.3 Å². The van der Waals surface area contributed by atoms with E-state index in [1.165, 1.54) is 17.0 Å². The number of aromatic nitrogens is 2. The van der Waals surface area contributed by atoms with Crippen molar-refractivity contribution in [3.05, 3.63) is 41.0 Å². The topological polar surface area (TPSA) is 150 Å². The predicted octanol–water partition coefficient (Wildman–Crippen LogP) is 3.35. The molecule has 0 unspecified atom stereocenters. The lowest BCUT2D eigenvalue weighted by Gasteiger charge is -2.40.